The van der Waals surface area contributed by atoms with E-state index in [0.717, 1.165) is 22.5 Å². The van der Waals surface area contributed by atoms with Gasteiger partial charge in [-0.3, -0.25) is 13.9 Å². The molecule has 0 aliphatic heterocycles. The number of rotatable bonds is 13. The van der Waals surface area contributed by atoms with Gasteiger partial charge in [0.05, 0.1) is 25.7 Å². The molecule has 0 saturated heterocycles. The second kappa shape index (κ2) is 13.2. The number of nitrogens with one attached hydrogen (secondary N) is 1. The molecule has 0 aliphatic rings. The van der Waals surface area contributed by atoms with Crippen LogP contribution in [-0.4, -0.2) is 63.7 Å². The Morgan fingerprint density at radius 2 is 1.56 bits per heavy atom. The van der Waals surface area contributed by atoms with Crippen LogP contribution in [0.1, 0.15) is 39.7 Å². The third-order valence-corrected chi connectivity index (χ3v) is 6.94. The summed E-state index contributed by atoms with van der Waals surface area (Å²) >= 11 is 0. The van der Waals surface area contributed by atoms with Gasteiger partial charge in [-0.05, 0) is 69.2 Å². The molecule has 0 bridgehead atoms. The van der Waals surface area contributed by atoms with Crippen LogP contribution in [0.2, 0.25) is 0 Å². The van der Waals surface area contributed by atoms with Crippen molar-refractivity contribution < 1.29 is 27.5 Å². The minimum absolute atomic E-state index is 0.0609. The predicted octanol–water partition coefficient (Wildman–Crippen LogP) is 3.19. The number of hydrogen-bond acceptors (Lipinski definition) is 6. The van der Waals surface area contributed by atoms with Crippen molar-refractivity contribution in [2.75, 3.05) is 30.8 Å². The Balaban J connectivity index is 2.36. The van der Waals surface area contributed by atoms with Gasteiger partial charge in [0.15, 0.2) is 0 Å². The molecule has 0 radical (unpaired) electrons. The fourth-order valence-corrected chi connectivity index (χ4v) is 4.31. The van der Waals surface area contributed by atoms with E-state index in [1.165, 1.54) is 4.90 Å². The molecule has 10 heteroatoms. The molecule has 1 N–H and O–H groups in total. The van der Waals surface area contributed by atoms with Gasteiger partial charge in [-0.2, -0.15) is 0 Å². The number of ether oxygens (including phenoxy) is 2. The molecule has 9 nitrogen and oxygen atoms in total. The lowest BCUT2D eigenvalue weighted by Gasteiger charge is -2.32. The predicted molar refractivity (Wildman–Crippen MR) is 141 cm³/mol. The molecule has 0 unspecified atom stereocenters. The van der Waals surface area contributed by atoms with E-state index < -0.39 is 28.5 Å². The number of methoxy groups -OCH3 is 1. The smallest absolute Gasteiger partial charge is 0.244 e. The number of carbonyl (C=O) groups is 2. The molecular weight excluding hydrogens is 482 g/mol. The number of anilines is 1. The maximum Gasteiger partial charge on any atom is 0.244 e. The van der Waals surface area contributed by atoms with Crippen molar-refractivity contribution in [3.05, 3.63) is 54.1 Å². The van der Waals surface area contributed by atoms with E-state index >= 15 is 0 Å². The highest BCUT2D eigenvalue weighted by Crippen LogP contribution is 2.23. The van der Waals surface area contributed by atoms with Crippen molar-refractivity contribution in [1.82, 2.24) is 10.2 Å². The fraction of sp³-hybridized carbons (Fsp3) is 0.462. The molecule has 2 rings (SSSR count). The Hall–Kier alpha value is -3.27. The Bertz CT molecular complexity index is 1100. The maximum atomic E-state index is 13.6. The van der Waals surface area contributed by atoms with Crippen molar-refractivity contribution >= 4 is 27.5 Å². The number of benzene rings is 2. The van der Waals surface area contributed by atoms with Crippen molar-refractivity contribution in [1.29, 1.82) is 0 Å². The lowest BCUT2D eigenvalue weighted by molar-refractivity contribution is -0.139. The largest absolute Gasteiger partial charge is 0.497 e. The van der Waals surface area contributed by atoms with Crippen LogP contribution in [-0.2, 0) is 26.2 Å². The van der Waals surface area contributed by atoms with Gasteiger partial charge in [0, 0.05) is 12.6 Å². The van der Waals surface area contributed by atoms with E-state index in [4.69, 9.17) is 9.47 Å². The molecule has 0 saturated carbocycles. The number of hydrogen-bond donors (Lipinski definition) is 1. The van der Waals surface area contributed by atoms with E-state index in [0.29, 0.717) is 23.8 Å². The standard InChI is InChI=1S/C26H37N3O6S/c1-7-19(3)27-26(31)20(4)28(17-21-9-13-23(34-5)14-10-21)25(30)18-29(36(6,32)33)22-11-15-24(16-12-22)35-8-2/h9-16,19-20H,7-8,17-18H2,1-6H3,(H,27,31)/t19-,20-/m0/s1. The Morgan fingerprint density at radius 3 is 2.06 bits per heavy atom. The van der Waals surface area contributed by atoms with Gasteiger partial charge in [0.1, 0.15) is 24.1 Å². The number of nitrogens with zero attached hydrogens (tertiary/aromatic N) is 2. The van der Waals surface area contributed by atoms with Crippen LogP contribution in [0.5, 0.6) is 11.5 Å². The quantitative estimate of drug-likeness (QED) is 0.436. The summed E-state index contributed by atoms with van der Waals surface area (Å²) in [4.78, 5) is 27.9. The summed E-state index contributed by atoms with van der Waals surface area (Å²) < 4.78 is 37.0. The third kappa shape index (κ3) is 8.15. The highest BCUT2D eigenvalue weighted by atomic mass is 32.2. The highest BCUT2D eigenvalue weighted by molar-refractivity contribution is 7.92. The highest BCUT2D eigenvalue weighted by Gasteiger charge is 2.30. The summed E-state index contributed by atoms with van der Waals surface area (Å²) in [5, 5.41) is 2.90. The van der Waals surface area contributed by atoms with Crippen molar-refractivity contribution in [3.63, 3.8) is 0 Å². The summed E-state index contributed by atoms with van der Waals surface area (Å²) in [6.07, 6.45) is 1.79. The topological polar surface area (TPSA) is 105 Å². The van der Waals surface area contributed by atoms with Crippen molar-refractivity contribution in [3.8, 4) is 11.5 Å². The SMILES string of the molecule is CCOc1ccc(N(CC(=O)N(Cc2ccc(OC)cc2)[C@@H](C)C(=O)N[C@@H](C)CC)S(C)(=O)=O)cc1. The Labute approximate surface area is 214 Å². The molecule has 0 fully saturated rings. The number of amides is 2. The van der Waals surface area contributed by atoms with Crippen LogP contribution >= 0.6 is 0 Å². The second-order valence-corrected chi connectivity index (χ2v) is 10.5. The van der Waals surface area contributed by atoms with Crippen LogP contribution in [0.4, 0.5) is 5.69 Å². The molecule has 0 aliphatic carbocycles. The molecule has 2 aromatic carbocycles. The molecule has 2 atom stereocenters. The Kier molecular flexibility index (Phi) is 10.6. The average molecular weight is 520 g/mol. The molecule has 0 heterocycles. The molecule has 2 aromatic rings. The maximum absolute atomic E-state index is 13.6. The van der Waals surface area contributed by atoms with Crippen molar-refractivity contribution in [2.45, 2.75) is 52.7 Å². The van der Waals surface area contributed by atoms with Crippen molar-refractivity contribution in [2.24, 2.45) is 0 Å². The van der Waals surface area contributed by atoms with E-state index in [1.54, 1.807) is 62.6 Å². The summed E-state index contributed by atoms with van der Waals surface area (Å²) in [5.74, 6) is 0.450. The normalized spacial score (nSPS) is 12.8. The molecule has 198 valence electrons. The lowest BCUT2D eigenvalue weighted by Crippen LogP contribution is -2.52. The number of carbonyl (C=O) groups excluding carboxylic acids is 2. The second-order valence-electron chi connectivity index (χ2n) is 8.56. The molecule has 2 amide bonds. The summed E-state index contributed by atoms with van der Waals surface area (Å²) in [6.45, 7) is 7.48. The van der Waals surface area contributed by atoms with Gasteiger partial charge in [0.2, 0.25) is 21.8 Å². The average Bonchev–Trinajstić information content (AvgIpc) is 2.85. The zero-order chi connectivity index (χ0) is 26.9. The molecule has 36 heavy (non-hydrogen) atoms. The number of sulfonamides is 1. The van der Waals surface area contributed by atoms with E-state index in [-0.39, 0.29) is 18.5 Å². The fourth-order valence-electron chi connectivity index (χ4n) is 3.46. The Morgan fingerprint density at radius 1 is 0.972 bits per heavy atom. The third-order valence-electron chi connectivity index (χ3n) is 5.80. The minimum Gasteiger partial charge on any atom is -0.497 e. The van der Waals surface area contributed by atoms with Crippen LogP contribution in [0.3, 0.4) is 0 Å². The van der Waals surface area contributed by atoms with Gasteiger partial charge in [-0.25, -0.2) is 8.42 Å². The first-order valence-corrected chi connectivity index (χ1v) is 13.8. The van der Waals surface area contributed by atoms with Gasteiger partial charge in [-0.15, -0.1) is 0 Å². The van der Waals surface area contributed by atoms with E-state index in [1.807, 2.05) is 20.8 Å². The first-order chi connectivity index (χ1) is 17.0. The summed E-state index contributed by atoms with van der Waals surface area (Å²) in [7, 11) is -2.23. The lowest BCUT2D eigenvalue weighted by atomic mass is 10.1. The first kappa shape index (κ1) is 29.0. The summed E-state index contributed by atoms with van der Waals surface area (Å²) in [6, 6.07) is 12.7. The monoisotopic (exact) mass is 519 g/mol. The zero-order valence-corrected chi connectivity index (χ0v) is 22.7. The van der Waals surface area contributed by atoms with Crippen LogP contribution < -0.4 is 19.1 Å². The van der Waals surface area contributed by atoms with Crippen LogP contribution in [0, 0.1) is 0 Å². The van der Waals surface area contributed by atoms with Gasteiger partial charge in [-0.1, -0.05) is 19.1 Å². The molecule has 0 aromatic heterocycles. The van der Waals surface area contributed by atoms with Gasteiger partial charge < -0.3 is 19.7 Å². The molecular formula is C26H37N3O6S. The van der Waals surface area contributed by atoms with E-state index in [2.05, 4.69) is 5.32 Å². The minimum atomic E-state index is -3.79. The van der Waals surface area contributed by atoms with E-state index in [9.17, 15) is 18.0 Å². The van der Waals surface area contributed by atoms with Crippen LogP contribution in [0.25, 0.3) is 0 Å². The van der Waals surface area contributed by atoms with Crippen LogP contribution in [0.15, 0.2) is 48.5 Å². The molecule has 0 spiro atoms. The van der Waals surface area contributed by atoms with Gasteiger partial charge in [0.25, 0.3) is 0 Å². The zero-order valence-electron chi connectivity index (χ0n) is 21.9. The van der Waals surface area contributed by atoms with Gasteiger partial charge >= 0.3 is 0 Å². The first-order valence-electron chi connectivity index (χ1n) is 11.9. The summed E-state index contributed by atoms with van der Waals surface area (Å²) in [5.41, 5.74) is 1.11.